The zero-order valence-corrected chi connectivity index (χ0v) is 10.1. The van der Waals surface area contributed by atoms with E-state index in [1.807, 2.05) is 38.1 Å². The molecule has 76 valence electrons. The fourth-order valence-corrected chi connectivity index (χ4v) is 2.08. The Bertz CT molecular complexity index is 345. The Morgan fingerprint density at radius 1 is 1.21 bits per heavy atom. The minimum Gasteiger partial charge on any atom is -0.347 e. The number of benzene rings is 1. The highest BCUT2D eigenvalue weighted by atomic mass is 79.9. The lowest BCUT2D eigenvalue weighted by atomic mass is 9.99. The van der Waals surface area contributed by atoms with Crippen molar-refractivity contribution in [1.29, 1.82) is 0 Å². The van der Waals surface area contributed by atoms with Crippen LogP contribution in [0.3, 0.4) is 0 Å². The molecule has 3 heteroatoms. The van der Waals surface area contributed by atoms with Gasteiger partial charge >= 0.3 is 0 Å². The van der Waals surface area contributed by atoms with E-state index in [0.717, 1.165) is 10.0 Å². The van der Waals surface area contributed by atoms with E-state index in [2.05, 4.69) is 15.9 Å². The van der Waals surface area contributed by atoms with Crippen LogP contribution in [-0.2, 0) is 15.3 Å². The highest BCUT2D eigenvalue weighted by Gasteiger charge is 2.66. The Labute approximate surface area is 92.3 Å². The summed E-state index contributed by atoms with van der Waals surface area (Å²) >= 11 is 3.40. The first-order valence-corrected chi connectivity index (χ1v) is 5.32. The van der Waals surface area contributed by atoms with Crippen LogP contribution in [0.5, 0.6) is 0 Å². The Balaban J connectivity index is 2.36. The van der Waals surface area contributed by atoms with Gasteiger partial charge in [0.2, 0.25) is 5.79 Å². The third-order valence-corrected chi connectivity index (χ3v) is 3.19. The smallest absolute Gasteiger partial charge is 0.225 e. The van der Waals surface area contributed by atoms with E-state index in [-0.39, 0.29) is 5.60 Å². The molecule has 2 rings (SSSR count). The first kappa shape index (κ1) is 10.1. The van der Waals surface area contributed by atoms with Crippen LogP contribution in [0.2, 0.25) is 0 Å². The molecule has 0 unspecified atom stereocenters. The van der Waals surface area contributed by atoms with Gasteiger partial charge in [-0.1, -0.05) is 28.1 Å². The standard InChI is InChI=1S/C11H13BrO2/c1-10(2)11(13-3,14-10)8-4-6-9(12)7-5-8/h4-7H,1-3H3/t11-/m1/s1. The summed E-state index contributed by atoms with van der Waals surface area (Å²) in [6, 6.07) is 8.02. The molecule has 14 heavy (non-hydrogen) atoms. The average Bonchev–Trinajstić information content (AvgIpc) is 2.71. The number of epoxide rings is 1. The Morgan fingerprint density at radius 3 is 2.07 bits per heavy atom. The molecule has 0 bridgehead atoms. The van der Waals surface area contributed by atoms with Crippen molar-refractivity contribution < 1.29 is 9.47 Å². The van der Waals surface area contributed by atoms with Crippen molar-refractivity contribution in [2.24, 2.45) is 0 Å². The maximum absolute atomic E-state index is 5.63. The predicted octanol–water partition coefficient (Wildman–Crippen LogP) is 3.06. The van der Waals surface area contributed by atoms with Crippen LogP contribution < -0.4 is 0 Å². The molecule has 0 aromatic heterocycles. The third kappa shape index (κ3) is 1.31. The van der Waals surface area contributed by atoms with Crippen molar-refractivity contribution in [3.63, 3.8) is 0 Å². The number of ether oxygens (including phenoxy) is 2. The van der Waals surface area contributed by atoms with Gasteiger partial charge in [0.15, 0.2) is 0 Å². The van der Waals surface area contributed by atoms with E-state index in [0.29, 0.717) is 0 Å². The average molecular weight is 257 g/mol. The lowest BCUT2D eigenvalue weighted by Gasteiger charge is -2.13. The van der Waals surface area contributed by atoms with E-state index < -0.39 is 5.79 Å². The van der Waals surface area contributed by atoms with Gasteiger partial charge in [-0.05, 0) is 26.0 Å². The topological polar surface area (TPSA) is 21.8 Å². The van der Waals surface area contributed by atoms with Crippen LogP contribution in [-0.4, -0.2) is 12.7 Å². The lowest BCUT2D eigenvalue weighted by molar-refractivity contribution is -0.0147. The number of methoxy groups -OCH3 is 1. The predicted molar refractivity (Wildman–Crippen MR) is 58.0 cm³/mol. The summed E-state index contributed by atoms with van der Waals surface area (Å²) in [7, 11) is 1.68. The summed E-state index contributed by atoms with van der Waals surface area (Å²) in [6.45, 7) is 4.05. The third-order valence-electron chi connectivity index (χ3n) is 2.66. The second-order valence-corrected chi connectivity index (χ2v) is 4.86. The number of halogens is 1. The summed E-state index contributed by atoms with van der Waals surface area (Å²) in [5, 5.41) is 0. The van der Waals surface area contributed by atoms with Gasteiger partial charge in [-0.25, -0.2) is 0 Å². The van der Waals surface area contributed by atoms with Gasteiger partial charge in [0.1, 0.15) is 5.60 Å². The van der Waals surface area contributed by atoms with Crippen molar-refractivity contribution in [2.75, 3.05) is 7.11 Å². The summed E-state index contributed by atoms with van der Waals surface area (Å²) in [6.07, 6.45) is 0. The molecule has 1 aromatic carbocycles. The second-order valence-electron chi connectivity index (χ2n) is 3.94. The highest BCUT2D eigenvalue weighted by Crippen LogP contribution is 2.55. The van der Waals surface area contributed by atoms with Gasteiger partial charge in [-0.15, -0.1) is 0 Å². The van der Waals surface area contributed by atoms with Crippen molar-refractivity contribution in [1.82, 2.24) is 0 Å². The zero-order valence-electron chi connectivity index (χ0n) is 8.50. The molecule has 1 aliphatic heterocycles. The zero-order chi connectivity index (χ0) is 10.4. The fourth-order valence-electron chi connectivity index (χ4n) is 1.81. The molecule has 1 aromatic rings. The molecule has 0 amide bonds. The molecule has 1 atom stereocenters. The van der Waals surface area contributed by atoms with E-state index in [4.69, 9.17) is 9.47 Å². The maximum atomic E-state index is 5.63. The van der Waals surface area contributed by atoms with Crippen LogP contribution in [0.25, 0.3) is 0 Å². The van der Waals surface area contributed by atoms with Gasteiger partial charge in [0.25, 0.3) is 0 Å². The molecular weight excluding hydrogens is 244 g/mol. The molecule has 1 heterocycles. The summed E-state index contributed by atoms with van der Waals surface area (Å²) in [4.78, 5) is 0. The molecule has 0 aliphatic carbocycles. The minimum atomic E-state index is -0.548. The van der Waals surface area contributed by atoms with E-state index in [9.17, 15) is 0 Å². The highest BCUT2D eigenvalue weighted by molar-refractivity contribution is 9.10. The fraction of sp³-hybridized carbons (Fsp3) is 0.455. The first-order chi connectivity index (χ1) is 6.52. The van der Waals surface area contributed by atoms with Crippen molar-refractivity contribution in [2.45, 2.75) is 25.2 Å². The van der Waals surface area contributed by atoms with Gasteiger partial charge in [-0.2, -0.15) is 0 Å². The molecule has 1 aliphatic rings. The van der Waals surface area contributed by atoms with Gasteiger partial charge in [-0.3, -0.25) is 0 Å². The number of rotatable bonds is 2. The van der Waals surface area contributed by atoms with E-state index in [1.54, 1.807) is 7.11 Å². The van der Waals surface area contributed by atoms with Crippen LogP contribution >= 0.6 is 15.9 Å². The second kappa shape index (κ2) is 3.05. The minimum absolute atomic E-state index is 0.227. The van der Waals surface area contributed by atoms with Crippen LogP contribution in [0.15, 0.2) is 28.7 Å². The van der Waals surface area contributed by atoms with Gasteiger partial charge in [0, 0.05) is 17.1 Å². The molecule has 1 saturated heterocycles. The Kier molecular flexibility index (Phi) is 2.21. The Morgan fingerprint density at radius 2 is 1.71 bits per heavy atom. The summed E-state index contributed by atoms with van der Waals surface area (Å²) < 4.78 is 12.1. The Hall–Kier alpha value is -0.380. The van der Waals surface area contributed by atoms with Crippen molar-refractivity contribution in [3.05, 3.63) is 34.3 Å². The van der Waals surface area contributed by atoms with Crippen LogP contribution in [0.4, 0.5) is 0 Å². The first-order valence-electron chi connectivity index (χ1n) is 4.53. The summed E-state index contributed by atoms with van der Waals surface area (Å²) in [5.74, 6) is -0.548. The molecule has 0 spiro atoms. The molecule has 0 radical (unpaired) electrons. The largest absolute Gasteiger partial charge is 0.347 e. The maximum Gasteiger partial charge on any atom is 0.225 e. The molecule has 2 nitrogen and oxygen atoms in total. The number of hydrogen-bond donors (Lipinski definition) is 0. The van der Waals surface area contributed by atoms with Crippen molar-refractivity contribution >= 4 is 15.9 Å². The van der Waals surface area contributed by atoms with Crippen molar-refractivity contribution in [3.8, 4) is 0 Å². The molecular formula is C11H13BrO2. The van der Waals surface area contributed by atoms with Gasteiger partial charge in [0.05, 0.1) is 0 Å². The summed E-state index contributed by atoms with van der Waals surface area (Å²) in [5.41, 5.74) is 0.837. The molecule has 0 N–H and O–H groups in total. The van der Waals surface area contributed by atoms with E-state index >= 15 is 0 Å². The normalized spacial score (nSPS) is 28.9. The molecule has 1 fully saturated rings. The van der Waals surface area contributed by atoms with E-state index in [1.165, 1.54) is 0 Å². The lowest BCUT2D eigenvalue weighted by Crippen LogP contribution is -2.20. The quantitative estimate of drug-likeness (QED) is 0.759. The monoisotopic (exact) mass is 256 g/mol. The number of hydrogen-bond acceptors (Lipinski definition) is 2. The van der Waals surface area contributed by atoms with Gasteiger partial charge < -0.3 is 9.47 Å². The SMILES string of the molecule is CO[C@]1(c2ccc(Br)cc2)OC1(C)C. The molecule has 0 saturated carbocycles. The van der Waals surface area contributed by atoms with Crippen LogP contribution in [0.1, 0.15) is 19.4 Å². The van der Waals surface area contributed by atoms with Crippen LogP contribution in [0, 0.1) is 0 Å².